The Labute approximate surface area is 239 Å². The number of methoxy groups -OCH3 is 3. The number of ether oxygens (including phenoxy) is 4. The summed E-state index contributed by atoms with van der Waals surface area (Å²) < 4.78 is 50.5. The molecule has 1 saturated heterocycles. The van der Waals surface area contributed by atoms with Crippen molar-refractivity contribution in [1.82, 2.24) is 10.2 Å². The lowest BCUT2D eigenvalue weighted by Gasteiger charge is -2.27. The first-order valence-electron chi connectivity index (χ1n) is 12.9. The third-order valence-corrected chi connectivity index (χ3v) is 7.94. The summed E-state index contributed by atoms with van der Waals surface area (Å²) in [5, 5.41) is 2.83. The molecule has 218 valence electrons. The summed E-state index contributed by atoms with van der Waals surface area (Å²) in [6, 6.07) is 15.9. The van der Waals surface area contributed by atoms with E-state index in [0.717, 1.165) is 5.56 Å². The van der Waals surface area contributed by atoms with Gasteiger partial charge in [-0.25, -0.2) is 8.42 Å². The minimum atomic E-state index is -4.17. The van der Waals surface area contributed by atoms with Crippen LogP contribution in [0.25, 0.3) is 0 Å². The molecule has 0 atom stereocenters. The summed E-state index contributed by atoms with van der Waals surface area (Å²) in [5.74, 6) is 0.660. The summed E-state index contributed by atoms with van der Waals surface area (Å²) in [5.41, 5.74) is 1.31. The third kappa shape index (κ3) is 7.08. The predicted molar refractivity (Wildman–Crippen MR) is 153 cm³/mol. The van der Waals surface area contributed by atoms with Crippen LogP contribution in [0.4, 0.5) is 5.69 Å². The van der Waals surface area contributed by atoms with Crippen molar-refractivity contribution in [2.24, 2.45) is 0 Å². The predicted octanol–water partition coefficient (Wildman–Crippen LogP) is 2.96. The number of nitrogens with zero attached hydrogens (tertiary/aromatic N) is 1. The van der Waals surface area contributed by atoms with E-state index in [9.17, 15) is 18.0 Å². The van der Waals surface area contributed by atoms with Crippen molar-refractivity contribution in [3.05, 3.63) is 77.4 Å². The van der Waals surface area contributed by atoms with Crippen LogP contribution in [0.15, 0.2) is 65.6 Å². The minimum Gasteiger partial charge on any atom is -0.496 e. The highest BCUT2D eigenvalue weighted by Crippen LogP contribution is 2.28. The molecule has 0 aliphatic carbocycles. The van der Waals surface area contributed by atoms with E-state index in [1.165, 1.54) is 37.4 Å². The molecular formula is C29H33N3O8S. The van der Waals surface area contributed by atoms with Gasteiger partial charge >= 0.3 is 0 Å². The maximum Gasteiger partial charge on any atom is 0.261 e. The number of morpholine rings is 1. The second-order valence-corrected chi connectivity index (χ2v) is 10.8. The molecule has 0 saturated carbocycles. The lowest BCUT2D eigenvalue weighted by atomic mass is 10.1. The monoisotopic (exact) mass is 583 g/mol. The van der Waals surface area contributed by atoms with Gasteiger partial charge in [0.15, 0.2) is 11.5 Å². The Bertz CT molecular complexity index is 1500. The fourth-order valence-corrected chi connectivity index (χ4v) is 5.49. The van der Waals surface area contributed by atoms with Crippen molar-refractivity contribution in [2.45, 2.75) is 11.3 Å². The number of rotatable bonds is 11. The molecule has 1 aliphatic heterocycles. The van der Waals surface area contributed by atoms with E-state index < -0.39 is 15.9 Å². The van der Waals surface area contributed by atoms with Crippen LogP contribution in [0.5, 0.6) is 17.2 Å². The van der Waals surface area contributed by atoms with Gasteiger partial charge in [-0.1, -0.05) is 18.2 Å². The van der Waals surface area contributed by atoms with Gasteiger partial charge in [-0.3, -0.25) is 14.3 Å². The zero-order valence-corrected chi connectivity index (χ0v) is 24.0. The number of amides is 2. The molecule has 0 spiro atoms. The average molecular weight is 584 g/mol. The Morgan fingerprint density at radius 1 is 0.854 bits per heavy atom. The second-order valence-electron chi connectivity index (χ2n) is 9.11. The SMILES string of the molecule is COc1ccc(CCNC(=O)c2ccccc2NS(=O)(=O)c2ccc(OC)c(C(=O)N3CCOCC3)c2)cc1OC. The highest BCUT2D eigenvalue weighted by atomic mass is 32.2. The van der Waals surface area contributed by atoms with E-state index in [2.05, 4.69) is 10.0 Å². The number of benzene rings is 3. The molecule has 2 amide bonds. The Morgan fingerprint density at radius 2 is 1.54 bits per heavy atom. The number of hydrogen-bond acceptors (Lipinski definition) is 8. The summed E-state index contributed by atoms with van der Waals surface area (Å²) in [6.45, 7) is 1.90. The first-order valence-corrected chi connectivity index (χ1v) is 14.4. The molecule has 0 unspecified atom stereocenters. The number of sulfonamides is 1. The third-order valence-electron chi connectivity index (χ3n) is 6.57. The van der Waals surface area contributed by atoms with Crippen molar-refractivity contribution >= 4 is 27.5 Å². The lowest BCUT2D eigenvalue weighted by molar-refractivity contribution is 0.0300. The zero-order valence-electron chi connectivity index (χ0n) is 23.1. The number of nitrogens with one attached hydrogen (secondary N) is 2. The first kappa shape index (κ1) is 29.7. The van der Waals surface area contributed by atoms with E-state index >= 15 is 0 Å². The Hall–Kier alpha value is -4.29. The number of carbonyl (C=O) groups excluding carboxylic acids is 2. The molecule has 3 aromatic rings. The molecule has 0 aromatic heterocycles. The summed E-state index contributed by atoms with van der Waals surface area (Å²) in [7, 11) is 0.358. The van der Waals surface area contributed by atoms with Crippen LogP contribution in [-0.2, 0) is 21.2 Å². The normalized spacial score (nSPS) is 13.3. The van der Waals surface area contributed by atoms with Gasteiger partial charge in [0.05, 0.1) is 56.3 Å². The van der Waals surface area contributed by atoms with E-state index in [1.54, 1.807) is 37.3 Å². The molecule has 0 bridgehead atoms. The van der Waals surface area contributed by atoms with Crippen LogP contribution < -0.4 is 24.2 Å². The molecule has 1 aliphatic rings. The summed E-state index contributed by atoms with van der Waals surface area (Å²) >= 11 is 0. The zero-order chi connectivity index (χ0) is 29.4. The number of anilines is 1. The quantitative estimate of drug-likeness (QED) is 0.352. The van der Waals surface area contributed by atoms with Gasteiger partial charge in [0.25, 0.3) is 21.8 Å². The average Bonchev–Trinajstić information content (AvgIpc) is 3.00. The van der Waals surface area contributed by atoms with Gasteiger partial charge in [-0.2, -0.15) is 0 Å². The van der Waals surface area contributed by atoms with Crippen molar-refractivity contribution in [3.63, 3.8) is 0 Å². The van der Waals surface area contributed by atoms with Gasteiger partial charge in [0, 0.05) is 19.6 Å². The van der Waals surface area contributed by atoms with Crippen LogP contribution in [-0.4, -0.2) is 79.3 Å². The van der Waals surface area contributed by atoms with E-state index in [4.69, 9.17) is 18.9 Å². The van der Waals surface area contributed by atoms with E-state index in [1.807, 2.05) is 12.1 Å². The van der Waals surface area contributed by atoms with Crippen molar-refractivity contribution < 1.29 is 37.0 Å². The Morgan fingerprint density at radius 3 is 2.24 bits per heavy atom. The Kier molecular flexibility index (Phi) is 9.69. The van der Waals surface area contributed by atoms with Gasteiger partial charge in [-0.05, 0) is 54.4 Å². The maximum atomic E-state index is 13.4. The van der Waals surface area contributed by atoms with Gasteiger partial charge in [-0.15, -0.1) is 0 Å². The fraction of sp³-hybridized carbons (Fsp3) is 0.310. The molecule has 41 heavy (non-hydrogen) atoms. The topological polar surface area (TPSA) is 132 Å². The molecule has 1 heterocycles. The Balaban J connectivity index is 1.49. The molecule has 11 nitrogen and oxygen atoms in total. The van der Waals surface area contributed by atoms with Crippen LogP contribution in [0, 0.1) is 0 Å². The number of carbonyl (C=O) groups is 2. The maximum absolute atomic E-state index is 13.4. The number of hydrogen-bond donors (Lipinski definition) is 2. The molecule has 0 radical (unpaired) electrons. The fourth-order valence-electron chi connectivity index (χ4n) is 4.38. The second kappa shape index (κ2) is 13.4. The van der Waals surface area contributed by atoms with Crippen LogP contribution in [0.3, 0.4) is 0 Å². The van der Waals surface area contributed by atoms with Crippen molar-refractivity contribution in [1.29, 1.82) is 0 Å². The standard InChI is InChI=1S/C29H33N3O8S/c1-37-25-11-9-21(19-23(25)29(34)32-14-16-40-17-15-32)41(35,36)31-24-7-5-4-6-22(24)28(33)30-13-12-20-8-10-26(38-2)27(18-20)39-3/h4-11,18-19,31H,12-17H2,1-3H3,(H,30,33). The molecule has 4 rings (SSSR count). The highest BCUT2D eigenvalue weighted by Gasteiger charge is 2.25. The van der Waals surface area contributed by atoms with Gasteiger partial charge in [0.2, 0.25) is 0 Å². The van der Waals surface area contributed by atoms with Crippen molar-refractivity contribution in [2.75, 3.05) is 58.9 Å². The van der Waals surface area contributed by atoms with E-state index in [0.29, 0.717) is 50.8 Å². The summed E-state index contributed by atoms with van der Waals surface area (Å²) in [4.78, 5) is 27.6. The van der Waals surface area contributed by atoms with Crippen LogP contribution >= 0.6 is 0 Å². The highest BCUT2D eigenvalue weighted by molar-refractivity contribution is 7.92. The largest absolute Gasteiger partial charge is 0.496 e. The first-order chi connectivity index (χ1) is 19.8. The molecule has 12 heteroatoms. The number of para-hydroxylation sites is 1. The smallest absolute Gasteiger partial charge is 0.261 e. The van der Waals surface area contributed by atoms with Crippen molar-refractivity contribution in [3.8, 4) is 17.2 Å². The molecular weight excluding hydrogens is 550 g/mol. The van der Waals surface area contributed by atoms with Crippen LogP contribution in [0.2, 0.25) is 0 Å². The molecule has 2 N–H and O–H groups in total. The van der Waals surface area contributed by atoms with Crippen LogP contribution in [0.1, 0.15) is 26.3 Å². The molecule has 3 aromatic carbocycles. The molecule has 1 fully saturated rings. The van der Waals surface area contributed by atoms with Gasteiger partial charge < -0.3 is 29.2 Å². The lowest BCUT2D eigenvalue weighted by Crippen LogP contribution is -2.40. The van der Waals surface area contributed by atoms with E-state index in [-0.39, 0.29) is 33.4 Å². The summed E-state index contributed by atoms with van der Waals surface area (Å²) in [6.07, 6.45) is 0.520. The van der Waals surface area contributed by atoms with Gasteiger partial charge in [0.1, 0.15) is 5.75 Å². The minimum absolute atomic E-state index is 0.105.